The number of hydrogen-bond acceptors (Lipinski definition) is 4. The summed E-state index contributed by atoms with van der Waals surface area (Å²) in [5.74, 6) is -0.329. The molecule has 2 unspecified atom stereocenters. The number of hydrogen-bond donors (Lipinski definition) is 2. The number of carbonyl (C=O) groups excluding carboxylic acids is 2. The minimum atomic E-state index is -1.22. The predicted molar refractivity (Wildman–Crippen MR) is 148 cm³/mol. The van der Waals surface area contributed by atoms with E-state index in [2.05, 4.69) is 26.6 Å². The molecule has 3 aliphatic heterocycles. The fourth-order valence-electron chi connectivity index (χ4n) is 6.02. The van der Waals surface area contributed by atoms with Crippen LogP contribution in [0.3, 0.4) is 0 Å². The number of nitrogens with one attached hydrogen (secondary N) is 2. The van der Waals surface area contributed by atoms with Gasteiger partial charge in [0.15, 0.2) is 0 Å². The van der Waals surface area contributed by atoms with Gasteiger partial charge in [0, 0.05) is 51.5 Å². The molecule has 2 amide bonds. The van der Waals surface area contributed by atoms with Crippen LogP contribution in [0.4, 0.5) is 11.4 Å². The molecule has 6 nitrogen and oxygen atoms in total. The Hall–Kier alpha value is -2.58. The normalized spacial score (nSPS) is 24.5. The highest BCUT2D eigenvalue weighted by Crippen LogP contribution is 2.46. The summed E-state index contributed by atoms with van der Waals surface area (Å²) in [5, 5.41) is 7.62. The molecule has 3 aromatic rings. The summed E-state index contributed by atoms with van der Waals surface area (Å²) < 4.78 is 6.87. The molecule has 190 valence electrons. The van der Waals surface area contributed by atoms with Crippen molar-refractivity contribution in [1.82, 2.24) is 4.90 Å². The molecular formula is C28H24BrCl2N3O3. The van der Waals surface area contributed by atoms with Crippen LogP contribution in [-0.2, 0) is 21.5 Å². The Kier molecular flexibility index (Phi) is 6.23. The van der Waals surface area contributed by atoms with Crippen molar-refractivity contribution >= 4 is 62.3 Å². The van der Waals surface area contributed by atoms with E-state index < -0.39 is 5.54 Å². The third-order valence-electron chi connectivity index (χ3n) is 7.67. The van der Waals surface area contributed by atoms with Gasteiger partial charge in [0.2, 0.25) is 0 Å². The van der Waals surface area contributed by atoms with Gasteiger partial charge in [-0.1, -0.05) is 51.3 Å². The van der Waals surface area contributed by atoms with E-state index in [9.17, 15) is 9.59 Å². The summed E-state index contributed by atoms with van der Waals surface area (Å²) in [6, 6.07) is 16.4. The third kappa shape index (κ3) is 4.04. The Balaban J connectivity index is 1.64. The summed E-state index contributed by atoms with van der Waals surface area (Å²) in [4.78, 5) is 29.8. The van der Waals surface area contributed by atoms with Crippen molar-refractivity contribution in [3.8, 4) is 0 Å². The second-order valence-electron chi connectivity index (χ2n) is 9.75. The van der Waals surface area contributed by atoms with Gasteiger partial charge in [-0.2, -0.15) is 0 Å². The molecule has 37 heavy (non-hydrogen) atoms. The van der Waals surface area contributed by atoms with Crippen LogP contribution >= 0.6 is 39.1 Å². The minimum absolute atomic E-state index is 0.0955. The van der Waals surface area contributed by atoms with Crippen LogP contribution in [0.25, 0.3) is 0 Å². The van der Waals surface area contributed by atoms with Crippen LogP contribution in [0, 0.1) is 0 Å². The molecule has 6 rings (SSSR count). The highest BCUT2D eigenvalue weighted by atomic mass is 79.9. The first-order valence-corrected chi connectivity index (χ1v) is 13.7. The van der Waals surface area contributed by atoms with Crippen molar-refractivity contribution in [2.75, 3.05) is 24.3 Å². The lowest BCUT2D eigenvalue weighted by molar-refractivity contribution is -0.119. The quantitative estimate of drug-likeness (QED) is 0.332. The summed E-state index contributed by atoms with van der Waals surface area (Å²) in [5.41, 5.74) is 3.03. The third-order valence-corrected chi connectivity index (χ3v) is 8.63. The lowest BCUT2D eigenvalue weighted by atomic mass is 9.81. The van der Waals surface area contributed by atoms with Crippen LogP contribution in [0.1, 0.15) is 46.0 Å². The zero-order chi connectivity index (χ0) is 25.9. The minimum Gasteiger partial charge on any atom is -0.375 e. The molecule has 0 radical (unpaired) electrons. The largest absolute Gasteiger partial charge is 0.375 e. The molecule has 1 fully saturated rings. The average molecular weight is 601 g/mol. The SMILES string of the molecule is COC1c2ccc(Cl)cc2CC2(Nc3cc(Br)ccc3C(=O)N3CCC[C@H]13)C(=O)Nc1cc(Cl)ccc12. The summed E-state index contributed by atoms with van der Waals surface area (Å²) >= 11 is 16.3. The smallest absolute Gasteiger partial charge is 0.256 e. The Bertz CT molecular complexity index is 1450. The number of carbonyl (C=O) groups is 2. The lowest BCUT2D eigenvalue weighted by Crippen LogP contribution is -2.45. The fraction of sp³-hybridized carbons (Fsp3) is 0.286. The molecule has 0 aliphatic carbocycles. The number of benzene rings is 3. The molecular weight excluding hydrogens is 577 g/mol. The van der Waals surface area contributed by atoms with E-state index in [1.165, 1.54) is 0 Å². The van der Waals surface area contributed by atoms with Crippen molar-refractivity contribution < 1.29 is 14.3 Å². The second-order valence-corrected chi connectivity index (χ2v) is 11.5. The van der Waals surface area contributed by atoms with Crippen LogP contribution in [0.5, 0.6) is 0 Å². The van der Waals surface area contributed by atoms with Crippen LogP contribution < -0.4 is 10.6 Å². The van der Waals surface area contributed by atoms with E-state index in [1.54, 1.807) is 25.3 Å². The molecule has 0 bridgehead atoms. The first-order valence-electron chi connectivity index (χ1n) is 12.1. The molecule has 3 aromatic carbocycles. The first kappa shape index (κ1) is 24.7. The highest BCUT2D eigenvalue weighted by Gasteiger charge is 2.49. The number of nitrogens with zero attached hydrogens (tertiary/aromatic N) is 1. The van der Waals surface area contributed by atoms with E-state index in [0.29, 0.717) is 33.5 Å². The predicted octanol–water partition coefficient (Wildman–Crippen LogP) is 6.56. The van der Waals surface area contributed by atoms with Crippen molar-refractivity contribution in [3.63, 3.8) is 0 Å². The van der Waals surface area contributed by atoms with Crippen molar-refractivity contribution in [2.24, 2.45) is 0 Å². The fourth-order valence-corrected chi connectivity index (χ4v) is 6.75. The standard InChI is InChI=1S/C28H24BrCl2N3O3/c1-37-25-19-8-5-17(30)11-15(19)14-28(21-9-6-18(31)13-23(21)32-27(28)36)33-22-12-16(29)4-7-20(22)26(35)34-10-2-3-24(25)34/h4-9,11-13,24-25,33H,2-3,10,14H2,1H3,(H,32,36)/t24-,25?,28?/m1/s1. The van der Waals surface area contributed by atoms with Gasteiger partial charge in [-0.25, -0.2) is 0 Å². The maximum atomic E-state index is 14.0. The van der Waals surface area contributed by atoms with Gasteiger partial charge in [0.05, 0.1) is 11.6 Å². The summed E-state index contributed by atoms with van der Waals surface area (Å²) in [6.45, 7) is 0.634. The Morgan fingerprint density at radius 1 is 1.03 bits per heavy atom. The van der Waals surface area contributed by atoms with E-state index in [0.717, 1.165) is 34.0 Å². The maximum Gasteiger partial charge on any atom is 0.256 e. The molecule has 0 aromatic heterocycles. The van der Waals surface area contributed by atoms with Gasteiger partial charge in [0.25, 0.3) is 11.8 Å². The van der Waals surface area contributed by atoms with Gasteiger partial charge in [-0.05, 0) is 66.4 Å². The van der Waals surface area contributed by atoms with Crippen LogP contribution in [0.2, 0.25) is 10.0 Å². The molecule has 3 atom stereocenters. The monoisotopic (exact) mass is 599 g/mol. The zero-order valence-corrected chi connectivity index (χ0v) is 23.1. The number of fused-ring (bicyclic) bond motifs is 5. The summed E-state index contributed by atoms with van der Waals surface area (Å²) in [7, 11) is 1.67. The number of rotatable bonds is 1. The van der Waals surface area contributed by atoms with Crippen molar-refractivity contribution in [2.45, 2.75) is 36.9 Å². The van der Waals surface area contributed by atoms with Crippen LogP contribution in [-0.4, -0.2) is 36.4 Å². The number of anilines is 2. The van der Waals surface area contributed by atoms with Gasteiger partial charge in [-0.15, -0.1) is 0 Å². The molecule has 0 saturated carbocycles. The number of amides is 2. The summed E-state index contributed by atoms with van der Waals surface area (Å²) in [6.07, 6.45) is 1.62. The van der Waals surface area contributed by atoms with Gasteiger partial charge < -0.3 is 20.3 Å². The highest BCUT2D eigenvalue weighted by molar-refractivity contribution is 9.10. The Morgan fingerprint density at radius 3 is 2.62 bits per heavy atom. The number of ether oxygens (including phenoxy) is 1. The van der Waals surface area contributed by atoms with E-state index in [-0.39, 0.29) is 30.4 Å². The average Bonchev–Trinajstić information content (AvgIpc) is 3.43. The molecule has 2 N–H and O–H groups in total. The molecule has 3 aliphatic rings. The van der Waals surface area contributed by atoms with Gasteiger partial charge in [0.1, 0.15) is 11.6 Å². The Labute approximate surface area is 233 Å². The molecule has 1 saturated heterocycles. The first-order chi connectivity index (χ1) is 17.8. The molecule has 1 spiro atoms. The van der Waals surface area contributed by atoms with Crippen LogP contribution in [0.15, 0.2) is 59.1 Å². The topological polar surface area (TPSA) is 70.7 Å². The van der Waals surface area contributed by atoms with Crippen molar-refractivity contribution in [3.05, 3.63) is 91.4 Å². The van der Waals surface area contributed by atoms with E-state index in [4.69, 9.17) is 27.9 Å². The lowest BCUT2D eigenvalue weighted by Gasteiger charge is -2.33. The zero-order valence-electron chi connectivity index (χ0n) is 20.0. The molecule has 9 heteroatoms. The molecule has 3 heterocycles. The second kappa shape index (κ2) is 9.31. The Morgan fingerprint density at radius 2 is 1.81 bits per heavy atom. The number of halogens is 3. The van der Waals surface area contributed by atoms with Gasteiger partial charge in [-0.3, -0.25) is 9.59 Å². The van der Waals surface area contributed by atoms with Gasteiger partial charge >= 0.3 is 0 Å². The van der Waals surface area contributed by atoms with E-state index in [1.807, 2.05) is 41.3 Å². The van der Waals surface area contributed by atoms with Crippen molar-refractivity contribution in [1.29, 1.82) is 0 Å². The number of methoxy groups -OCH3 is 1. The van der Waals surface area contributed by atoms with E-state index >= 15 is 0 Å². The maximum absolute atomic E-state index is 14.0.